The summed E-state index contributed by atoms with van der Waals surface area (Å²) >= 11 is 6.10. The number of nitrogens with zero attached hydrogens (tertiary/aromatic N) is 3. The largest absolute Gasteiger partial charge is 0.377 e. The molecule has 2 rings (SSSR count). The number of aromatic nitrogens is 1. The van der Waals surface area contributed by atoms with Gasteiger partial charge in [-0.3, -0.25) is 0 Å². The fourth-order valence-corrected chi connectivity index (χ4v) is 2.33. The summed E-state index contributed by atoms with van der Waals surface area (Å²) < 4.78 is 5.43. The smallest absolute Gasteiger partial charge is 0.131 e. The van der Waals surface area contributed by atoms with Gasteiger partial charge in [-0.05, 0) is 38.5 Å². The van der Waals surface area contributed by atoms with E-state index < -0.39 is 5.41 Å². The van der Waals surface area contributed by atoms with E-state index in [2.05, 4.69) is 22.9 Å². The predicted octanol–water partition coefficient (Wildman–Crippen LogP) is 2.76. The van der Waals surface area contributed by atoms with Crippen molar-refractivity contribution in [1.82, 2.24) is 4.98 Å². The van der Waals surface area contributed by atoms with Crippen LogP contribution < -0.4 is 4.90 Å². The van der Waals surface area contributed by atoms with Crippen LogP contribution >= 0.6 is 11.6 Å². The highest BCUT2D eigenvalue weighted by molar-refractivity contribution is 6.29. The molecule has 0 bridgehead atoms. The van der Waals surface area contributed by atoms with Crippen LogP contribution in [0.1, 0.15) is 26.3 Å². The van der Waals surface area contributed by atoms with E-state index in [4.69, 9.17) is 16.3 Å². The number of anilines is 1. The summed E-state index contributed by atoms with van der Waals surface area (Å²) in [6.07, 6.45) is 0. The van der Waals surface area contributed by atoms with E-state index in [9.17, 15) is 5.26 Å². The minimum atomic E-state index is -0.573. The summed E-state index contributed by atoms with van der Waals surface area (Å²) in [5.74, 6) is 0.821. The number of pyridine rings is 1. The number of halogens is 1. The lowest BCUT2D eigenvalue weighted by atomic mass is 9.87. The van der Waals surface area contributed by atoms with Gasteiger partial charge in [0.1, 0.15) is 11.0 Å². The molecule has 0 amide bonds. The van der Waals surface area contributed by atoms with E-state index in [0.717, 1.165) is 17.9 Å². The molecule has 0 saturated carbocycles. The number of morpholine rings is 1. The summed E-state index contributed by atoms with van der Waals surface area (Å²) in [6, 6.07) is 6.28. The number of rotatable bonds is 2. The Hall–Kier alpha value is -1.31. The Kier molecular flexibility index (Phi) is 3.98. The third-order valence-electron chi connectivity index (χ3n) is 3.44. The van der Waals surface area contributed by atoms with Crippen molar-refractivity contribution < 1.29 is 4.74 Å². The Balaban J connectivity index is 2.39. The van der Waals surface area contributed by atoms with Gasteiger partial charge in [-0.1, -0.05) is 11.6 Å². The third-order valence-corrected chi connectivity index (χ3v) is 3.64. The van der Waals surface area contributed by atoms with E-state index in [-0.39, 0.29) is 6.04 Å². The monoisotopic (exact) mass is 279 g/mol. The lowest BCUT2D eigenvalue weighted by molar-refractivity contribution is 0.0985. The second-order valence-corrected chi connectivity index (χ2v) is 5.78. The van der Waals surface area contributed by atoms with Crippen molar-refractivity contribution in [3.05, 3.63) is 22.8 Å². The van der Waals surface area contributed by atoms with Crippen LogP contribution in [0.5, 0.6) is 0 Å². The fourth-order valence-electron chi connectivity index (χ4n) is 2.12. The SMILES string of the molecule is C[C@@H]1COCCN1c1cc(C(C)(C)C#N)cc(Cl)n1. The molecular weight excluding hydrogens is 262 g/mol. The Bertz CT molecular complexity index is 510. The molecule has 0 unspecified atom stereocenters. The summed E-state index contributed by atoms with van der Waals surface area (Å²) in [7, 11) is 0. The van der Waals surface area contributed by atoms with Crippen molar-refractivity contribution in [3.8, 4) is 6.07 Å². The molecule has 1 aromatic rings. The molecule has 5 heteroatoms. The molecule has 0 N–H and O–H groups in total. The summed E-state index contributed by atoms with van der Waals surface area (Å²) in [6.45, 7) is 8.02. The maximum Gasteiger partial charge on any atom is 0.131 e. The normalized spacial score (nSPS) is 20.2. The lowest BCUT2D eigenvalue weighted by Gasteiger charge is -2.35. The highest BCUT2D eigenvalue weighted by atomic mass is 35.5. The molecule has 1 atom stereocenters. The molecule has 2 heterocycles. The van der Waals surface area contributed by atoms with Crippen LogP contribution in [0.4, 0.5) is 5.82 Å². The second kappa shape index (κ2) is 5.36. The maximum atomic E-state index is 9.24. The fraction of sp³-hybridized carbons (Fsp3) is 0.571. The van der Waals surface area contributed by atoms with E-state index in [1.807, 2.05) is 19.9 Å². The standard InChI is InChI=1S/C14H18ClN3O/c1-10-8-19-5-4-18(10)13-7-11(6-12(15)17-13)14(2,3)9-16/h6-7,10H,4-5,8H2,1-3H3/t10-/m1/s1. The van der Waals surface area contributed by atoms with Gasteiger partial charge in [-0.2, -0.15) is 5.26 Å². The van der Waals surface area contributed by atoms with Crippen LogP contribution in [0, 0.1) is 11.3 Å². The Labute approximate surface area is 118 Å². The summed E-state index contributed by atoms with van der Waals surface area (Å²) in [4.78, 5) is 6.56. The van der Waals surface area contributed by atoms with E-state index in [1.165, 1.54) is 0 Å². The number of hydrogen-bond donors (Lipinski definition) is 0. The molecule has 4 nitrogen and oxygen atoms in total. The first-order valence-corrected chi connectivity index (χ1v) is 6.75. The van der Waals surface area contributed by atoms with E-state index >= 15 is 0 Å². The molecule has 0 aliphatic carbocycles. The van der Waals surface area contributed by atoms with Crippen molar-refractivity contribution in [2.45, 2.75) is 32.2 Å². The minimum absolute atomic E-state index is 0.262. The molecule has 1 fully saturated rings. The second-order valence-electron chi connectivity index (χ2n) is 5.39. The van der Waals surface area contributed by atoms with Gasteiger partial charge in [0.05, 0.1) is 30.7 Å². The number of hydrogen-bond acceptors (Lipinski definition) is 4. The molecule has 1 saturated heterocycles. The van der Waals surface area contributed by atoms with Crippen LogP contribution in [0.3, 0.4) is 0 Å². The van der Waals surface area contributed by atoms with Gasteiger partial charge in [-0.15, -0.1) is 0 Å². The van der Waals surface area contributed by atoms with Crippen LogP contribution in [0.25, 0.3) is 0 Å². The zero-order valence-corrected chi connectivity index (χ0v) is 12.2. The van der Waals surface area contributed by atoms with Gasteiger partial charge in [0.25, 0.3) is 0 Å². The first-order chi connectivity index (χ1) is 8.94. The zero-order valence-electron chi connectivity index (χ0n) is 11.5. The lowest BCUT2D eigenvalue weighted by Crippen LogP contribution is -2.44. The van der Waals surface area contributed by atoms with Crippen LogP contribution in [0.2, 0.25) is 5.15 Å². The van der Waals surface area contributed by atoms with E-state index in [0.29, 0.717) is 18.4 Å². The Morgan fingerprint density at radius 2 is 2.26 bits per heavy atom. The molecule has 1 aliphatic rings. The molecule has 102 valence electrons. The van der Waals surface area contributed by atoms with Crippen molar-refractivity contribution in [2.75, 3.05) is 24.7 Å². The average molecular weight is 280 g/mol. The molecule has 0 aromatic carbocycles. The van der Waals surface area contributed by atoms with Gasteiger partial charge in [0, 0.05) is 6.54 Å². The molecule has 1 aromatic heterocycles. The van der Waals surface area contributed by atoms with Gasteiger partial charge >= 0.3 is 0 Å². The topological polar surface area (TPSA) is 49.1 Å². The zero-order chi connectivity index (χ0) is 14.0. The van der Waals surface area contributed by atoms with Crippen molar-refractivity contribution in [2.24, 2.45) is 0 Å². The van der Waals surface area contributed by atoms with Gasteiger partial charge < -0.3 is 9.64 Å². The highest BCUT2D eigenvalue weighted by Gasteiger charge is 2.25. The summed E-state index contributed by atoms with van der Waals surface area (Å²) in [5.41, 5.74) is 0.320. The Morgan fingerprint density at radius 3 is 2.89 bits per heavy atom. The van der Waals surface area contributed by atoms with Crippen LogP contribution in [0.15, 0.2) is 12.1 Å². The quantitative estimate of drug-likeness (QED) is 0.781. The van der Waals surface area contributed by atoms with Crippen molar-refractivity contribution in [3.63, 3.8) is 0 Å². The van der Waals surface area contributed by atoms with Gasteiger partial charge in [0.2, 0.25) is 0 Å². The predicted molar refractivity (Wildman–Crippen MR) is 75.5 cm³/mol. The molecule has 1 aliphatic heterocycles. The minimum Gasteiger partial charge on any atom is -0.377 e. The Morgan fingerprint density at radius 1 is 1.53 bits per heavy atom. The first kappa shape index (κ1) is 14.1. The van der Waals surface area contributed by atoms with Gasteiger partial charge in [-0.25, -0.2) is 4.98 Å². The summed E-state index contributed by atoms with van der Waals surface area (Å²) in [5, 5.41) is 9.67. The number of nitriles is 1. The average Bonchev–Trinajstić information content (AvgIpc) is 2.38. The third kappa shape index (κ3) is 2.99. The maximum absolute atomic E-state index is 9.24. The molecular formula is C14H18ClN3O. The highest BCUT2D eigenvalue weighted by Crippen LogP contribution is 2.29. The van der Waals surface area contributed by atoms with Gasteiger partial charge in [0.15, 0.2) is 0 Å². The molecule has 0 spiro atoms. The number of ether oxygens (including phenoxy) is 1. The van der Waals surface area contributed by atoms with Crippen LogP contribution in [-0.2, 0) is 10.2 Å². The van der Waals surface area contributed by atoms with E-state index in [1.54, 1.807) is 6.07 Å². The van der Waals surface area contributed by atoms with Crippen molar-refractivity contribution in [1.29, 1.82) is 5.26 Å². The van der Waals surface area contributed by atoms with Crippen LogP contribution in [-0.4, -0.2) is 30.8 Å². The molecule has 19 heavy (non-hydrogen) atoms. The first-order valence-electron chi connectivity index (χ1n) is 6.38. The van der Waals surface area contributed by atoms with Crippen molar-refractivity contribution >= 4 is 17.4 Å². The molecule has 0 radical (unpaired) electrons.